The van der Waals surface area contributed by atoms with Crippen molar-refractivity contribution in [2.75, 3.05) is 5.32 Å². The smallest absolute Gasteiger partial charge is 0.354 e. The molecule has 2 aromatic rings. The van der Waals surface area contributed by atoms with Gasteiger partial charge in [0.25, 0.3) is 5.91 Å². The third kappa shape index (κ3) is 3.29. The summed E-state index contributed by atoms with van der Waals surface area (Å²) in [4.78, 5) is 26.5. The van der Waals surface area contributed by atoms with Crippen LogP contribution in [0.4, 0.5) is 10.1 Å². The molecule has 0 fully saturated rings. The molecule has 1 aromatic heterocycles. The number of hydrogen-bond acceptors (Lipinski definition) is 3. The normalized spacial score (nSPS) is 10.1. The van der Waals surface area contributed by atoms with Gasteiger partial charge in [-0.05, 0) is 52.9 Å². The summed E-state index contributed by atoms with van der Waals surface area (Å²) in [6.45, 7) is 0. The van der Waals surface area contributed by atoms with Crippen LogP contribution in [0.5, 0.6) is 0 Å². The lowest BCUT2D eigenvalue weighted by Gasteiger charge is -2.07. The van der Waals surface area contributed by atoms with Crippen molar-refractivity contribution in [1.29, 1.82) is 0 Å². The van der Waals surface area contributed by atoms with Gasteiger partial charge < -0.3 is 10.4 Å². The molecule has 5 nitrogen and oxygen atoms in total. The van der Waals surface area contributed by atoms with Gasteiger partial charge in [0, 0.05) is 3.57 Å². The molecule has 0 atom stereocenters. The Morgan fingerprint density at radius 1 is 1.20 bits per heavy atom. The first-order valence-electron chi connectivity index (χ1n) is 5.44. The Morgan fingerprint density at radius 2 is 1.90 bits per heavy atom. The molecule has 20 heavy (non-hydrogen) atoms. The molecule has 1 amide bonds. The van der Waals surface area contributed by atoms with Crippen molar-refractivity contribution in [3.05, 3.63) is 57.2 Å². The molecule has 0 radical (unpaired) electrons. The van der Waals surface area contributed by atoms with Gasteiger partial charge >= 0.3 is 5.97 Å². The van der Waals surface area contributed by atoms with Gasteiger partial charge in [-0.1, -0.05) is 6.07 Å². The van der Waals surface area contributed by atoms with Crippen molar-refractivity contribution in [2.45, 2.75) is 0 Å². The summed E-state index contributed by atoms with van der Waals surface area (Å²) in [7, 11) is 0. The van der Waals surface area contributed by atoms with Gasteiger partial charge in [-0.3, -0.25) is 4.79 Å². The number of halogens is 2. The number of hydrogen-bond donors (Lipinski definition) is 2. The van der Waals surface area contributed by atoms with Crippen molar-refractivity contribution in [3.63, 3.8) is 0 Å². The van der Waals surface area contributed by atoms with E-state index in [1.807, 2.05) is 22.6 Å². The van der Waals surface area contributed by atoms with E-state index in [-0.39, 0.29) is 11.4 Å². The minimum absolute atomic E-state index is 0.0231. The molecule has 1 aromatic carbocycles. The topological polar surface area (TPSA) is 79.3 Å². The second kappa shape index (κ2) is 5.95. The molecule has 2 rings (SSSR count). The van der Waals surface area contributed by atoms with Crippen LogP contribution in [-0.2, 0) is 0 Å². The Kier molecular flexibility index (Phi) is 4.28. The predicted molar refractivity (Wildman–Crippen MR) is 78.3 cm³/mol. The third-order valence-corrected chi connectivity index (χ3v) is 3.27. The molecule has 2 N–H and O–H groups in total. The van der Waals surface area contributed by atoms with Gasteiger partial charge in [-0.2, -0.15) is 0 Å². The van der Waals surface area contributed by atoms with E-state index in [1.54, 1.807) is 0 Å². The predicted octanol–water partition coefficient (Wildman–Crippen LogP) is 2.78. The summed E-state index contributed by atoms with van der Waals surface area (Å²) >= 11 is 1.89. The Bertz CT molecular complexity index is 691. The maximum Gasteiger partial charge on any atom is 0.354 e. The van der Waals surface area contributed by atoms with Crippen molar-refractivity contribution < 1.29 is 19.1 Å². The minimum atomic E-state index is -1.21. The number of aromatic nitrogens is 1. The molecule has 0 unspecified atom stereocenters. The van der Waals surface area contributed by atoms with Gasteiger partial charge in [0.2, 0.25) is 0 Å². The zero-order valence-electron chi connectivity index (χ0n) is 9.93. The lowest BCUT2D eigenvalue weighted by atomic mass is 10.2. The van der Waals surface area contributed by atoms with E-state index >= 15 is 0 Å². The van der Waals surface area contributed by atoms with Crippen LogP contribution in [0, 0.1) is 9.39 Å². The zero-order chi connectivity index (χ0) is 14.7. The number of carboxylic acids is 1. The first-order chi connectivity index (χ1) is 9.47. The summed E-state index contributed by atoms with van der Waals surface area (Å²) in [5.41, 5.74) is 0.191. The Balaban J connectivity index is 2.24. The van der Waals surface area contributed by atoms with Crippen LogP contribution in [-0.4, -0.2) is 22.0 Å². The molecule has 0 spiro atoms. The Labute approximate surface area is 127 Å². The lowest BCUT2D eigenvalue weighted by Crippen LogP contribution is -2.16. The van der Waals surface area contributed by atoms with Gasteiger partial charge in [0.15, 0.2) is 0 Å². The number of rotatable bonds is 3. The van der Waals surface area contributed by atoms with E-state index in [0.717, 1.165) is 0 Å². The Hall–Kier alpha value is -2.03. The first kappa shape index (κ1) is 14.4. The van der Waals surface area contributed by atoms with Crippen LogP contribution >= 0.6 is 22.6 Å². The molecular weight excluding hydrogens is 378 g/mol. The van der Waals surface area contributed by atoms with E-state index in [0.29, 0.717) is 9.26 Å². The minimum Gasteiger partial charge on any atom is -0.477 e. The molecule has 0 aliphatic heterocycles. The van der Waals surface area contributed by atoms with Crippen molar-refractivity contribution >= 4 is 40.2 Å². The summed E-state index contributed by atoms with van der Waals surface area (Å²) < 4.78 is 13.5. The molecular formula is C13H8FIN2O3. The quantitative estimate of drug-likeness (QED) is 0.796. The largest absolute Gasteiger partial charge is 0.477 e. The third-order valence-electron chi connectivity index (χ3n) is 2.38. The summed E-state index contributed by atoms with van der Waals surface area (Å²) in [6.07, 6.45) is 0. The SMILES string of the molecule is O=C(O)c1cccc(C(=O)Nc2ccc(F)cc2I)n1. The molecule has 0 aliphatic rings. The van der Waals surface area contributed by atoms with E-state index in [9.17, 15) is 14.0 Å². The number of amides is 1. The fourth-order valence-corrected chi connectivity index (χ4v) is 2.07. The number of anilines is 1. The maximum atomic E-state index is 13.0. The van der Waals surface area contributed by atoms with Gasteiger partial charge in [0.1, 0.15) is 17.2 Å². The summed E-state index contributed by atoms with van der Waals surface area (Å²) in [5, 5.41) is 11.4. The highest BCUT2D eigenvalue weighted by Crippen LogP contribution is 2.19. The van der Waals surface area contributed by atoms with Gasteiger partial charge in [-0.25, -0.2) is 14.2 Å². The average molecular weight is 386 g/mol. The highest BCUT2D eigenvalue weighted by Gasteiger charge is 2.12. The number of nitrogens with zero attached hydrogens (tertiary/aromatic N) is 1. The van der Waals surface area contributed by atoms with E-state index in [1.165, 1.54) is 36.4 Å². The number of carbonyl (C=O) groups is 2. The van der Waals surface area contributed by atoms with Crippen LogP contribution in [0.15, 0.2) is 36.4 Å². The fraction of sp³-hybridized carbons (Fsp3) is 0. The van der Waals surface area contributed by atoms with Crippen molar-refractivity contribution in [1.82, 2.24) is 4.98 Å². The monoisotopic (exact) mass is 386 g/mol. The number of benzene rings is 1. The number of nitrogens with one attached hydrogen (secondary N) is 1. The first-order valence-corrected chi connectivity index (χ1v) is 6.52. The van der Waals surface area contributed by atoms with E-state index in [4.69, 9.17) is 5.11 Å². The maximum absolute atomic E-state index is 13.0. The Morgan fingerprint density at radius 3 is 2.55 bits per heavy atom. The summed E-state index contributed by atoms with van der Waals surface area (Å²) in [6, 6.07) is 8.05. The summed E-state index contributed by atoms with van der Waals surface area (Å²) in [5.74, 6) is -2.17. The molecule has 0 aliphatic carbocycles. The number of carbonyl (C=O) groups excluding carboxylic acids is 1. The molecule has 7 heteroatoms. The van der Waals surface area contributed by atoms with Crippen molar-refractivity contribution in [3.8, 4) is 0 Å². The van der Waals surface area contributed by atoms with Crippen LogP contribution in [0.25, 0.3) is 0 Å². The van der Waals surface area contributed by atoms with E-state index in [2.05, 4.69) is 10.3 Å². The van der Waals surface area contributed by atoms with Crippen molar-refractivity contribution in [2.24, 2.45) is 0 Å². The number of pyridine rings is 1. The molecule has 0 bridgehead atoms. The fourth-order valence-electron chi connectivity index (χ4n) is 1.46. The number of aromatic carboxylic acids is 1. The zero-order valence-corrected chi connectivity index (χ0v) is 12.1. The second-order valence-electron chi connectivity index (χ2n) is 3.79. The second-order valence-corrected chi connectivity index (χ2v) is 4.95. The highest BCUT2D eigenvalue weighted by atomic mass is 127. The van der Waals surface area contributed by atoms with E-state index < -0.39 is 17.7 Å². The van der Waals surface area contributed by atoms with Gasteiger partial charge in [-0.15, -0.1) is 0 Å². The standard InChI is InChI=1S/C13H8FIN2O3/c14-7-4-5-9(8(15)6-7)17-12(18)10-2-1-3-11(16-10)13(19)20/h1-6H,(H,17,18)(H,19,20). The molecule has 0 saturated carbocycles. The molecule has 102 valence electrons. The van der Waals surface area contributed by atoms with Gasteiger partial charge in [0.05, 0.1) is 5.69 Å². The average Bonchev–Trinajstić information content (AvgIpc) is 2.42. The van der Waals surface area contributed by atoms with Crippen LogP contribution in [0.1, 0.15) is 21.0 Å². The van der Waals surface area contributed by atoms with Crippen LogP contribution in [0.3, 0.4) is 0 Å². The highest BCUT2D eigenvalue weighted by molar-refractivity contribution is 14.1. The van der Waals surface area contributed by atoms with Crippen LogP contribution < -0.4 is 5.32 Å². The molecule has 1 heterocycles. The van der Waals surface area contributed by atoms with Crippen LogP contribution in [0.2, 0.25) is 0 Å². The molecule has 0 saturated heterocycles. The number of carboxylic acid groups (broad SMARTS) is 1. The lowest BCUT2D eigenvalue weighted by molar-refractivity contribution is 0.0690.